The molecule has 2 amide bonds. The Morgan fingerprint density at radius 2 is 1.53 bits per heavy atom. The molecule has 0 bridgehead atoms. The van der Waals surface area contributed by atoms with E-state index < -0.39 is 16.9 Å². The van der Waals surface area contributed by atoms with Gasteiger partial charge in [0.2, 0.25) is 0 Å². The third-order valence-electron chi connectivity index (χ3n) is 4.15. The third kappa shape index (κ3) is 5.41. The maximum absolute atomic E-state index is 12.4. The summed E-state index contributed by atoms with van der Waals surface area (Å²) in [4.78, 5) is 34.9. The number of rotatable bonds is 7. The monoisotopic (exact) mass is 405 g/mol. The Morgan fingerprint density at radius 3 is 2.17 bits per heavy atom. The van der Waals surface area contributed by atoms with Crippen molar-refractivity contribution in [2.24, 2.45) is 0 Å². The van der Waals surface area contributed by atoms with Crippen LogP contribution >= 0.6 is 0 Å². The summed E-state index contributed by atoms with van der Waals surface area (Å²) in [5, 5.41) is 16.2. The molecule has 0 aromatic heterocycles. The molecule has 2 N–H and O–H groups in total. The Labute approximate surface area is 172 Å². The van der Waals surface area contributed by atoms with Gasteiger partial charge >= 0.3 is 0 Å². The van der Waals surface area contributed by atoms with Crippen LogP contribution in [0.15, 0.2) is 78.9 Å². The first kappa shape index (κ1) is 20.5. The number of non-ortho nitro benzene ring substituents is 1. The molecule has 1 atom stereocenters. The number of amides is 2. The van der Waals surface area contributed by atoms with Crippen LogP contribution in [0.2, 0.25) is 0 Å². The Morgan fingerprint density at radius 1 is 0.900 bits per heavy atom. The lowest BCUT2D eigenvalue weighted by molar-refractivity contribution is -0.384. The smallest absolute Gasteiger partial charge is 0.269 e. The van der Waals surface area contributed by atoms with Gasteiger partial charge in [-0.2, -0.15) is 0 Å². The number of anilines is 2. The van der Waals surface area contributed by atoms with Crippen LogP contribution in [-0.2, 0) is 4.79 Å². The fourth-order valence-electron chi connectivity index (χ4n) is 2.62. The zero-order chi connectivity index (χ0) is 21.5. The average Bonchev–Trinajstić information content (AvgIpc) is 2.75. The second kappa shape index (κ2) is 9.33. The first-order valence-electron chi connectivity index (χ1n) is 9.11. The second-order valence-corrected chi connectivity index (χ2v) is 6.40. The topological polar surface area (TPSA) is 111 Å². The van der Waals surface area contributed by atoms with Crippen molar-refractivity contribution in [1.29, 1.82) is 0 Å². The van der Waals surface area contributed by atoms with E-state index in [4.69, 9.17) is 4.74 Å². The Balaban J connectivity index is 1.60. The molecule has 0 spiro atoms. The van der Waals surface area contributed by atoms with Crippen molar-refractivity contribution >= 4 is 28.9 Å². The molecule has 3 aromatic rings. The predicted octanol–water partition coefficient (Wildman–Crippen LogP) is 4.25. The number of hydrogen-bond acceptors (Lipinski definition) is 5. The molecule has 8 heteroatoms. The van der Waals surface area contributed by atoms with Crippen LogP contribution in [0.5, 0.6) is 5.75 Å². The molecule has 30 heavy (non-hydrogen) atoms. The molecule has 0 saturated heterocycles. The maximum atomic E-state index is 12.4. The molecule has 0 saturated carbocycles. The molecule has 3 rings (SSSR count). The normalized spacial score (nSPS) is 11.2. The third-order valence-corrected chi connectivity index (χ3v) is 4.15. The summed E-state index contributed by atoms with van der Waals surface area (Å²) in [6.45, 7) is 1.57. The van der Waals surface area contributed by atoms with Crippen molar-refractivity contribution in [3.8, 4) is 5.75 Å². The molecular formula is C22H19N3O5. The Hall–Kier alpha value is -4.20. The Bertz CT molecular complexity index is 1050. The van der Waals surface area contributed by atoms with Gasteiger partial charge < -0.3 is 15.4 Å². The minimum atomic E-state index is -0.839. The van der Waals surface area contributed by atoms with Gasteiger partial charge in [0.1, 0.15) is 5.75 Å². The zero-order valence-electron chi connectivity index (χ0n) is 16.1. The molecule has 0 fully saturated rings. The molecule has 8 nitrogen and oxygen atoms in total. The van der Waals surface area contributed by atoms with Crippen molar-refractivity contribution in [1.82, 2.24) is 0 Å². The van der Waals surface area contributed by atoms with Crippen molar-refractivity contribution in [2.45, 2.75) is 13.0 Å². The van der Waals surface area contributed by atoms with E-state index in [2.05, 4.69) is 10.6 Å². The molecule has 3 aromatic carbocycles. The van der Waals surface area contributed by atoms with Gasteiger partial charge in [0.15, 0.2) is 6.10 Å². The summed E-state index contributed by atoms with van der Waals surface area (Å²) in [5.41, 5.74) is 1.49. The van der Waals surface area contributed by atoms with Crippen LogP contribution in [0.3, 0.4) is 0 Å². The van der Waals surface area contributed by atoms with Gasteiger partial charge in [-0.1, -0.05) is 24.3 Å². The lowest BCUT2D eigenvalue weighted by Gasteiger charge is -2.15. The van der Waals surface area contributed by atoms with E-state index in [0.29, 0.717) is 22.7 Å². The van der Waals surface area contributed by atoms with E-state index in [1.807, 2.05) is 6.07 Å². The lowest BCUT2D eigenvalue weighted by Crippen LogP contribution is -2.30. The van der Waals surface area contributed by atoms with E-state index in [1.54, 1.807) is 55.5 Å². The van der Waals surface area contributed by atoms with Crippen LogP contribution in [0, 0.1) is 10.1 Å². The van der Waals surface area contributed by atoms with Gasteiger partial charge in [-0.15, -0.1) is 0 Å². The van der Waals surface area contributed by atoms with E-state index in [9.17, 15) is 19.7 Å². The van der Waals surface area contributed by atoms with Crippen LogP contribution in [0.1, 0.15) is 17.3 Å². The number of nitro groups is 1. The molecule has 1 unspecified atom stereocenters. The van der Waals surface area contributed by atoms with Gasteiger partial charge in [-0.25, -0.2) is 0 Å². The summed E-state index contributed by atoms with van der Waals surface area (Å²) in [7, 11) is 0. The highest BCUT2D eigenvalue weighted by Gasteiger charge is 2.16. The van der Waals surface area contributed by atoms with Crippen molar-refractivity contribution in [2.75, 3.05) is 10.6 Å². The van der Waals surface area contributed by atoms with Gasteiger partial charge in [0.05, 0.1) is 4.92 Å². The van der Waals surface area contributed by atoms with Crippen LogP contribution in [-0.4, -0.2) is 22.8 Å². The zero-order valence-corrected chi connectivity index (χ0v) is 16.1. The molecule has 0 heterocycles. The number of carbonyl (C=O) groups excluding carboxylic acids is 2. The first-order valence-corrected chi connectivity index (χ1v) is 9.11. The standard InChI is InChI=1S/C22H19N3O5/c1-15(30-20-12-10-19(11-13-20)25(28)29)21(26)23-17-8-5-9-18(14-17)24-22(27)16-6-3-2-4-7-16/h2-15H,1H3,(H,23,26)(H,24,27). The highest BCUT2D eigenvalue weighted by molar-refractivity contribution is 6.04. The molecule has 0 aliphatic carbocycles. The number of nitrogens with one attached hydrogen (secondary N) is 2. The fraction of sp³-hybridized carbons (Fsp3) is 0.0909. The quantitative estimate of drug-likeness (QED) is 0.451. The molecular weight excluding hydrogens is 386 g/mol. The highest BCUT2D eigenvalue weighted by atomic mass is 16.6. The number of nitro benzene ring substituents is 1. The number of carbonyl (C=O) groups is 2. The molecule has 0 aliphatic heterocycles. The largest absolute Gasteiger partial charge is 0.481 e. The summed E-state index contributed by atoms with van der Waals surface area (Å²) < 4.78 is 5.53. The van der Waals surface area contributed by atoms with E-state index >= 15 is 0 Å². The molecule has 0 aliphatic rings. The summed E-state index contributed by atoms with van der Waals surface area (Å²) in [6.07, 6.45) is -0.839. The van der Waals surface area contributed by atoms with E-state index in [1.165, 1.54) is 24.3 Å². The van der Waals surface area contributed by atoms with Gasteiger partial charge in [0.25, 0.3) is 17.5 Å². The number of benzene rings is 3. The second-order valence-electron chi connectivity index (χ2n) is 6.40. The SMILES string of the molecule is CC(Oc1ccc([N+](=O)[O-])cc1)C(=O)Nc1cccc(NC(=O)c2ccccc2)c1. The number of nitrogens with zero attached hydrogens (tertiary/aromatic N) is 1. The van der Waals surface area contributed by atoms with Crippen molar-refractivity contribution < 1.29 is 19.2 Å². The first-order chi connectivity index (χ1) is 14.4. The van der Waals surface area contributed by atoms with Crippen molar-refractivity contribution in [3.05, 3.63) is 94.5 Å². The highest BCUT2D eigenvalue weighted by Crippen LogP contribution is 2.20. The van der Waals surface area contributed by atoms with Gasteiger partial charge in [-0.05, 0) is 49.4 Å². The predicted molar refractivity (Wildman–Crippen MR) is 113 cm³/mol. The minimum absolute atomic E-state index is 0.0613. The van der Waals surface area contributed by atoms with Crippen LogP contribution < -0.4 is 15.4 Å². The van der Waals surface area contributed by atoms with Crippen LogP contribution in [0.25, 0.3) is 0 Å². The van der Waals surface area contributed by atoms with Gasteiger partial charge in [0, 0.05) is 29.1 Å². The maximum Gasteiger partial charge on any atom is 0.269 e. The van der Waals surface area contributed by atoms with E-state index in [0.717, 1.165) is 0 Å². The number of ether oxygens (including phenoxy) is 1. The van der Waals surface area contributed by atoms with E-state index in [-0.39, 0.29) is 11.6 Å². The van der Waals surface area contributed by atoms with Crippen molar-refractivity contribution in [3.63, 3.8) is 0 Å². The average molecular weight is 405 g/mol. The summed E-state index contributed by atoms with van der Waals surface area (Å²) in [6, 6.07) is 21.0. The lowest BCUT2D eigenvalue weighted by atomic mass is 10.2. The molecule has 152 valence electrons. The Kier molecular flexibility index (Phi) is 6.39. The summed E-state index contributed by atoms with van der Waals surface area (Å²) in [5.74, 6) is -0.319. The fourth-order valence-corrected chi connectivity index (χ4v) is 2.62. The summed E-state index contributed by atoms with van der Waals surface area (Å²) >= 11 is 0. The minimum Gasteiger partial charge on any atom is -0.481 e. The molecule has 0 radical (unpaired) electrons. The van der Waals surface area contributed by atoms with Crippen LogP contribution in [0.4, 0.5) is 17.1 Å². The van der Waals surface area contributed by atoms with Gasteiger partial charge in [-0.3, -0.25) is 19.7 Å². The number of hydrogen-bond donors (Lipinski definition) is 2.